The van der Waals surface area contributed by atoms with Gasteiger partial charge in [0.2, 0.25) is 0 Å². The summed E-state index contributed by atoms with van der Waals surface area (Å²) >= 11 is 0. The van der Waals surface area contributed by atoms with Crippen LogP contribution in [-0.4, -0.2) is 34.1 Å². The molecule has 1 saturated carbocycles. The molecule has 0 spiro atoms. The second-order valence-electron chi connectivity index (χ2n) is 5.78. The van der Waals surface area contributed by atoms with Crippen LogP contribution in [0.2, 0.25) is 0 Å². The van der Waals surface area contributed by atoms with Crippen molar-refractivity contribution in [2.75, 3.05) is 13.6 Å². The van der Waals surface area contributed by atoms with Crippen molar-refractivity contribution in [3.05, 3.63) is 18.2 Å². The minimum atomic E-state index is 0.278. The summed E-state index contributed by atoms with van der Waals surface area (Å²) in [4.78, 5) is 6.70. The standard InChI is InChI=1S/C13H24N4/c1-13(6-4-5-11(13)14)10-16(2)9-12-15-7-8-17(12)3/h7-8,11H,4-6,9-10,14H2,1-3H3. The maximum atomic E-state index is 6.22. The Balaban J connectivity index is 1.93. The molecule has 4 nitrogen and oxygen atoms in total. The van der Waals surface area contributed by atoms with Crippen LogP contribution in [0.25, 0.3) is 0 Å². The van der Waals surface area contributed by atoms with Crippen molar-refractivity contribution in [1.29, 1.82) is 0 Å². The lowest BCUT2D eigenvalue weighted by molar-refractivity contribution is 0.169. The Morgan fingerprint density at radius 1 is 1.65 bits per heavy atom. The van der Waals surface area contributed by atoms with Crippen LogP contribution in [0.3, 0.4) is 0 Å². The van der Waals surface area contributed by atoms with Gasteiger partial charge >= 0.3 is 0 Å². The molecule has 1 aromatic heterocycles. The fourth-order valence-corrected chi connectivity index (χ4v) is 2.92. The Kier molecular flexibility index (Phi) is 3.54. The van der Waals surface area contributed by atoms with E-state index in [2.05, 4.69) is 28.4 Å². The summed E-state index contributed by atoms with van der Waals surface area (Å²) in [6, 6.07) is 0.353. The number of nitrogens with zero attached hydrogens (tertiary/aromatic N) is 3. The highest BCUT2D eigenvalue weighted by Crippen LogP contribution is 2.37. The average molecular weight is 236 g/mol. The lowest BCUT2D eigenvalue weighted by Gasteiger charge is -2.33. The molecule has 0 radical (unpaired) electrons. The molecule has 1 fully saturated rings. The molecule has 1 aliphatic carbocycles. The van der Waals surface area contributed by atoms with Gasteiger partial charge in [-0.25, -0.2) is 4.98 Å². The van der Waals surface area contributed by atoms with Crippen molar-refractivity contribution in [2.24, 2.45) is 18.2 Å². The summed E-state index contributed by atoms with van der Waals surface area (Å²) in [7, 11) is 4.20. The third-order valence-electron chi connectivity index (χ3n) is 4.12. The number of hydrogen-bond donors (Lipinski definition) is 1. The molecule has 0 bridgehead atoms. The molecule has 0 aliphatic heterocycles. The molecule has 0 aromatic carbocycles. The quantitative estimate of drug-likeness (QED) is 0.859. The van der Waals surface area contributed by atoms with Crippen LogP contribution in [0.1, 0.15) is 32.0 Å². The van der Waals surface area contributed by atoms with E-state index in [0.717, 1.165) is 18.9 Å². The maximum absolute atomic E-state index is 6.22. The van der Waals surface area contributed by atoms with Gasteiger partial charge in [-0.05, 0) is 25.3 Å². The van der Waals surface area contributed by atoms with Crippen molar-refractivity contribution < 1.29 is 0 Å². The zero-order chi connectivity index (χ0) is 12.5. The largest absolute Gasteiger partial charge is 0.337 e. The van der Waals surface area contributed by atoms with Crippen molar-refractivity contribution in [1.82, 2.24) is 14.5 Å². The van der Waals surface area contributed by atoms with Gasteiger partial charge < -0.3 is 10.3 Å². The minimum absolute atomic E-state index is 0.278. The molecule has 1 aromatic rings. The first-order chi connectivity index (χ1) is 8.01. The van der Waals surface area contributed by atoms with Crippen LogP contribution in [0.5, 0.6) is 0 Å². The Labute approximate surface area is 104 Å². The topological polar surface area (TPSA) is 47.1 Å². The zero-order valence-electron chi connectivity index (χ0n) is 11.2. The van der Waals surface area contributed by atoms with E-state index in [9.17, 15) is 0 Å². The summed E-state index contributed by atoms with van der Waals surface area (Å²) in [6.07, 6.45) is 7.54. The van der Waals surface area contributed by atoms with Gasteiger partial charge in [-0.15, -0.1) is 0 Å². The third kappa shape index (κ3) is 2.69. The number of nitrogens with two attached hydrogens (primary N) is 1. The van der Waals surface area contributed by atoms with Crippen LogP contribution < -0.4 is 5.73 Å². The first-order valence-electron chi connectivity index (χ1n) is 6.41. The van der Waals surface area contributed by atoms with Crippen molar-refractivity contribution in [3.63, 3.8) is 0 Å². The second kappa shape index (κ2) is 4.78. The van der Waals surface area contributed by atoms with Gasteiger partial charge in [0.15, 0.2) is 0 Å². The summed E-state index contributed by atoms with van der Waals surface area (Å²) in [5, 5.41) is 0. The minimum Gasteiger partial charge on any atom is -0.337 e. The molecule has 1 heterocycles. The molecule has 1 aliphatic rings. The van der Waals surface area contributed by atoms with Crippen LogP contribution in [0.15, 0.2) is 12.4 Å². The fraction of sp³-hybridized carbons (Fsp3) is 0.769. The molecular formula is C13H24N4. The van der Waals surface area contributed by atoms with Crippen LogP contribution in [-0.2, 0) is 13.6 Å². The highest BCUT2D eigenvalue weighted by Gasteiger charge is 2.37. The summed E-state index contributed by atoms with van der Waals surface area (Å²) in [5.41, 5.74) is 6.50. The van der Waals surface area contributed by atoms with Crippen molar-refractivity contribution >= 4 is 0 Å². The fourth-order valence-electron chi connectivity index (χ4n) is 2.92. The Bertz CT molecular complexity index is 373. The van der Waals surface area contributed by atoms with E-state index in [1.165, 1.54) is 19.3 Å². The number of rotatable bonds is 4. The number of aromatic nitrogens is 2. The second-order valence-corrected chi connectivity index (χ2v) is 5.78. The monoisotopic (exact) mass is 236 g/mol. The zero-order valence-corrected chi connectivity index (χ0v) is 11.2. The molecule has 2 unspecified atom stereocenters. The van der Waals surface area contributed by atoms with Crippen molar-refractivity contribution in [2.45, 2.75) is 38.8 Å². The number of hydrogen-bond acceptors (Lipinski definition) is 3. The van der Waals surface area contributed by atoms with Gasteiger partial charge in [0, 0.05) is 32.0 Å². The van der Waals surface area contributed by atoms with Gasteiger partial charge in [-0.3, -0.25) is 4.90 Å². The third-order valence-corrected chi connectivity index (χ3v) is 4.12. The smallest absolute Gasteiger partial charge is 0.122 e. The molecule has 0 saturated heterocycles. The van der Waals surface area contributed by atoms with E-state index < -0.39 is 0 Å². The van der Waals surface area contributed by atoms with E-state index in [1.807, 2.05) is 19.4 Å². The lowest BCUT2D eigenvalue weighted by atomic mass is 9.85. The summed E-state index contributed by atoms with van der Waals surface area (Å²) in [5.74, 6) is 1.11. The molecule has 4 heteroatoms. The van der Waals surface area contributed by atoms with Gasteiger partial charge in [0.1, 0.15) is 5.82 Å². The van der Waals surface area contributed by atoms with Crippen LogP contribution in [0, 0.1) is 5.41 Å². The highest BCUT2D eigenvalue weighted by atomic mass is 15.2. The van der Waals surface area contributed by atoms with Crippen LogP contribution >= 0.6 is 0 Å². The Morgan fingerprint density at radius 3 is 2.94 bits per heavy atom. The van der Waals surface area contributed by atoms with E-state index in [1.54, 1.807) is 0 Å². The van der Waals surface area contributed by atoms with Crippen LogP contribution in [0.4, 0.5) is 0 Å². The van der Waals surface area contributed by atoms with Gasteiger partial charge in [-0.2, -0.15) is 0 Å². The molecule has 0 amide bonds. The Morgan fingerprint density at radius 2 is 2.41 bits per heavy atom. The lowest BCUT2D eigenvalue weighted by Crippen LogP contribution is -2.43. The predicted octanol–water partition coefficient (Wildman–Crippen LogP) is 1.37. The maximum Gasteiger partial charge on any atom is 0.122 e. The first kappa shape index (κ1) is 12.6. The van der Waals surface area contributed by atoms with Gasteiger partial charge in [-0.1, -0.05) is 13.3 Å². The SMILES string of the molecule is CN(Cc1nccn1C)CC1(C)CCCC1N. The molecule has 2 N–H and O–H groups in total. The molecule has 96 valence electrons. The molecule has 17 heavy (non-hydrogen) atoms. The van der Waals surface area contributed by atoms with Crippen molar-refractivity contribution in [3.8, 4) is 0 Å². The summed E-state index contributed by atoms with van der Waals surface area (Å²) < 4.78 is 2.08. The van der Waals surface area contributed by atoms with E-state index in [-0.39, 0.29) is 5.41 Å². The van der Waals surface area contributed by atoms with E-state index >= 15 is 0 Å². The molecule has 2 atom stereocenters. The molecular weight excluding hydrogens is 212 g/mol. The highest BCUT2D eigenvalue weighted by molar-refractivity contribution is 4.95. The van der Waals surface area contributed by atoms with Gasteiger partial charge in [0.25, 0.3) is 0 Å². The molecule has 2 rings (SSSR count). The van der Waals surface area contributed by atoms with E-state index in [0.29, 0.717) is 6.04 Å². The summed E-state index contributed by atoms with van der Waals surface area (Å²) in [6.45, 7) is 4.27. The number of imidazole rings is 1. The average Bonchev–Trinajstić information content (AvgIpc) is 2.76. The Hall–Kier alpha value is -0.870. The number of aryl methyl sites for hydroxylation is 1. The van der Waals surface area contributed by atoms with Gasteiger partial charge in [0.05, 0.1) is 6.54 Å². The normalized spacial score (nSPS) is 29.1. The predicted molar refractivity (Wildman–Crippen MR) is 69.5 cm³/mol. The van der Waals surface area contributed by atoms with E-state index in [4.69, 9.17) is 5.73 Å². The first-order valence-corrected chi connectivity index (χ1v) is 6.41.